The Hall–Kier alpha value is -2.62. The van der Waals surface area contributed by atoms with Gasteiger partial charge in [0.1, 0.15) is 5.69 Å². The molecule has 1 aromatic carbocycles. The first-order chi connectivity index (χ1) is 12.6. The van der Waals surface area contributed by atoms with Crippen LogP contribution >= 0.6 is 0 Å². The van der Waals surface area contributed by atoms with Gasteiger partial charge in [-0.2, -0.15) is 13.2 Å². The third-order valence-electron chi connectivity index (χ3n) is 4.27. The van der Waals surface area contributed by atoms with Crippen LogP contribution in [0.5, 0.6) is 0 Å². The fourth-order valence-electron chi connectivity index (χ4n) is 3.02. The van der Waals surface area contributed by atoms with E-state index >= 15 is 0 Å². The molecule has 0 spiro atoms. The van der Waals surface area contributed by atoms with Crippen molar-refractivity contribution in [2.24, 2.45) is 0 Å². The predicted octanol–water partition coefficient (Wildman–Crippen LogP) is 3.48. The topological polar surface area (TPSA) is 96.4 Å². The number of aromatic carboxylic acids is 1. The smallest absolute Gasteiger partial charge is 0.433 e. The van der Waals surface area contributed by atoms with Gasteiger partial charge in [-0.15, -0.1) is 0 Å². The van der Waals surface area contributed by atoms with Crippen molar-refractivity contribution >= 4 is 21.7 Å². The summed E-state index contributed by atoms with van der Waals surface area (Å²) in [5.74, 6) is -1.25. The second-order valence-electron chi connectivity index (χ2n) is 6.16. The SMILES string of the molecule is O=C(O)c1cc2c(c(S(=O)(=O)Nc3ccc(C(F)(F)F)nc3)c1)CCCC2. The number of sulfonamides is 1. The van der Waals surface area contributed by atoms with Crippen molar-refractivity contribution in [3.05, 3.63) is 52.8 Å². The third kappa shape index (κ3) is 4.05. The number of anilines is 1. The minimum Gasteiger partial charge on any atom is -0.478 e. The van der Waals surface area contributed by atoms with Crippen molar-refractivity contribution in [3.63, 3.8) is 0 Å². The Morgan fingerprint density at radius 2 is 1.85 bits per heavy atom. The van der Waals surface area contributed by atoms with Crippen LogP contribution < -0.4 is 4.72 Å². The molecule has 27 heavy (non-hydrogen) atoms. The van der Waals surface area contributed by atoms with Gasteiger partial charge in [0.2, 0.25) is 0 Å². The van der Waals surface area contributed by atoms with Crippen molar-refractivity contribution < 1.29 is 31.5 Å². The zero-order chi connectivity index (χ0) is 19.8. The number of carboxylic acid groups (broad SMARTS) is 1. The molecular weight excluding hydrogens is 385 g/mol. The van der Waals surface area contributed by atoms with Gasteiger partial charge in [0.05, 0.1) is 22.3 Å². The summed E-state index contributed by atoms with van der Waals surface area (Å²) in [7, 11) is -4.19. The second kappa shape index (κ2) is 6.84. The molecule has 144 valence electrons. The zero-order valence-electron chi connectivity index (χ0n) is 13.9. The molecule has 1 aliphatic rings. The van der Waals surface area contributed by atoms with Crippen molar-refractivity contribution in [1.29, 1.82) is 0 Å². The summed E-state index contributed by atoms with van der Waals surface area (Å²) in [6.07, 6.45) is -1.21. The normalized spacial score (nSPS) is 14.5. The molecule has 0 bridgehead atoms. The van der Waals surface area contributed by atoms with E-state index in [0.29, 0.717) is 30.0 Å². The first kappa shape index (κ1) is 19.2. The van der Waals surface area contributed by atoms with E-state index in [0.717, 1.165) is 31.2 Å². The van der Waals surface area contributed by atoms with E-state index in [-0.39, 0.29) is 16.1 Å². The van der Waals surface area contributed by atoms with E-state index in [4.69, 9.17) is 0 Å². The number of alkyl halides is 3. The number of aromatic nitrogens is 1. The molecule has 6 nitrogen and oxygen atoms in total. The highest BCUT2D eigenvalue weighted by Crippen LogP contribution is 2.31. The van der Waals surface area contributed by atoms with E-state index in [9.17, 15) is 31.5 Å². The highest BCUT2D eigenvalue weighted by Gasteiger charge is 2.32. The minimum atomic E-state index is -4.63. The van der Waals surface area contributed by atoms with Gasteiger partial charge in [0, 0.05) is 0 Å². The summed E-state index contributed by atoms with van der Waals surface area (Å²) in [4.78, 5) is 14.4. The van der Waals surface area contributed by atoms with Crippen LogP contribution in [-0.4, -0.2) is 24.5 Å². The highest BCUT2D eigenvalue weighted by atomic mass is 32.2. The lowest BCUT2D eigenvalue weighted by Crippen LogP contribution is -2.19. The predicted molar refractivity (Wildman–Crippen MR) is 90.1 cm³/mol. The Balaban J connectivity index is 1.99. The lowest BCUT2D eigenvalue weighted by atomic mass is 9.90. The summed E-state index contributed by atoms with van der Waals surface area (Å²) >= 11 is 0. The molecule has 0 amide bonds. The Labute approximate surface area is 153 Å². The number of benzene rings is 1. The number of halogens is 3. The number of carboxylic acids is 1. The van der Waals surface area contributed by atoms with Crippen LogP contribution in [0.2, 0.25) is 0 Å². The second-order valence-corrected chi connectivity index (χ2v) is 7.81. The van der Waals surface area contributed by atoms with Crippen molar-refractivity contribution in [1.82, 2.24) is 4.98 Å². The molecule has 10 heteroatoms. The number of fused-ring (bicyclic) bond motifs is 1. The highest BCUT2D eigenvalue weighted by molar-refractivity contribution is 7.92. The van der Waals surface area contributed by atoms with Crippen molar-refractivity contribution in [2.45, 2.75) is 36.8 Å². The van der Waals surface area contributed by atoms with Gasteiger partial charge in [-0.25, -0.2) is 18.2 Å². The monoisotopic (exact) mass is 400 g/mol. The number of nitrogens with one attached hydrogen (secondary N) is 1. The molecule has 0 saturated carbocycles. The molecule has 2 aromatic rings. The lowest BCUT2D eigenvalue weighted by Gasteiger charge is -2.20. The Morgan fingerprint density at radius 1 is 1.15 bits per heavy atom. The molecule has 0 unspecified atom stereocenters. The van der Waals surface area contributed by atoms with Crippen LogP contribution in [0.25, 0.3) is 0 Å². The maximum absolute atomic E-state index is 12.8. The van der Waals surface area contributed by atoms with Gasteiger partial charge in [0.25, 0.3) is 10.0 Å². The maximum Gasteiger partial charge on any atom is 0.433 e. The third-order valence-corrected chi connectivity index (χ3v) is 5.71. The molecule has 0 aliphatic heterocycles. The molecule has 0 atom stereocenters. The van der Waals surface area contributed by atoms with Crippen LogP contribution in [0.4, 0.5) is 18.9 Å². The van der Waals surface area contributed by atoms with Crippen LogP contribution in [0.1, 0.15) is 40.0 Å². The minimum absolute atomic E-state index is 0.145. The molecule has 3 rings (SSSR count). The first-order valence-corrected chi connectivity index (χ1v) is 9.51. The van der Waals surface area contributed by atoms with E-state index in [1.165, 1.54) is 6.07 Å². The van der Waals surface area contributed by atoms with Gasteiger partial charge in [-0.3, -0.25) is 4.72 Å². The quantitative estimate of drug-likeness (QED) is 0.819. The average molecular weight is 400 g/mol. The number of rotatable bonds is 4. The number of hydrogen-bond acceptors (Lipinski definition) is 4. The fourth-order valence-corrected chi connectivity index (χ4v) is 4.40. The van der Waals surface area contributed by atoms with E-state index in [1.807, 2.05) is 0 Å². The van der Waals surface area contributed by atoms with Crippen LogP contribution in [0.15, 0.2) is 35.4 Å². The van der Waals surface area contributed by atoms with Gasteiger partial charge < -0.3 is 5.11 Å². The van der Waals surface area contributed by atoms with Gasteiger partial charge >= 0.3 is 12.1 Å². The number of hydrogen-bond donors (Lipinski definition) is 2. The summed E-state index contributed by atoms with van der Waals surface area (Å²) in [6.45, 7) is 0. The molecule has 2 N–H and O–H groups in total. The molecule has 1 aliphatic carbocycles. The average Bonchev–Trinajstić information content (AvgIpc) is 2.60. The van der Waals surface area contributed by atoms with Gasteiger partial charge in [-0.05, 0) is 61.1 Å². The van der Waals surface area contributed by atoms with E-state index in [2.05, 4.69) is 9.71 Å². The van der Waals surface area contributed by atoms with Crippen LogP contribution in [-0.2, 0) is 29.0 Å². The largest absolute Gasteiger partial charge is 0.478 e. The maximum atomic E-state index is 12.8. The zero-order valence-corrected chi connectivity index (χ0v) is 14.7. The van der Waals surface area contributed by atoms with Gasteiger partial charge in [0.15, 0.2) is 0 Å². The number of pyridine rings is 1. The molecule has 1 aromatic heterocycles. The number of carbonyl (C=O) groups is 1. The Bertz CT molecular complexity index is 986. The van der Waals surface area contributed by atoms with Crippen molar-refractivity contribution in [3.8, 4) is 0 Å². The standard InChI is InChI=1S/C17H15F3N2O4S/c18-17(19,20)15-6-5-12(9-21-15)22-27(25,26)14-8-11(16(23)24)7-10-3-1-2-4-13(10)14/h5-9,22H,1-4H2,(H,23,24). The molecule has 0 radical (unpaired) electrons. The molecule has 0 saturated heterocycles. The molecular formula is C17H15F3N2O4S. The summed E-state index contributed by atoms with van der Waals surface area (Å²) < 4.78 is 65.5. The Kier molecular flexibility index (Phi) is 4.85. The first-order valence-electron chi connectivity index (χ1n) is 8.03. The lowest BCUT2D eigenvalue weighted by molar-refractivity contribution is -0.141. The fraction of sp³-hybridized carbons (Fsp3) is 0.294. The number of nitrogens with zero attached hydrogens (tertiary/aromatic N) is 1. The van der Waals surface area contributed by atoms with E-state index in [1.54, 1.807) is 0 Å². The number of aryl methyl sites for hydroxylation is 1. The van der Waals surface area contributed by atoms with E-state index < -0.39 is 27.9 Å². The summed E-state index contributed by atoms with van der Waals surface area (Å²) in [5.41, 5.74) is -0.240. The van der Waals surface area contributed by atoms with Crippen LogP contribution in [0, 0.1) is 0 Å². The summed E-state index contributed by atoms with van der Waals surface area (Å²) in [6, 6.07) is 4.17. The van der Waals surface area contributed by atoms with Crippen molar-refractivity contribution in [2.75, 3.05) is 4.72 Å². The summed E-state index contributed by atoms with van der Waals surface area (Å²) in [5, 5.41) is 9.24. The Morgan fingerprint density at radius 3 is 2.44 bits per heavy atom. The van der Waals surface area contributed by atoms with Gasteiger partial charge in [-0.1, -0.05) is 0 Å². The van der Waals surface area contributed by atoms with Crippen LogP contribution in [0.3, 0.4) is 0 Å². The molecule has 0 fully saturated rings. The molecule has 1 heterocycles.